The van der Waals surface area contributed by atoms with E-state index >= 15 is 0 Å². The van der Waals surface area contributed by atoms with E-state index < -0.39 is 5.97 Å². The number of rotatable bonds is 1. The molecule has 0 unspecified atom stereocenters. The Morgan fingerprint density at radius 2 is 2.00 bits per heavy atom. The van der Waals surface area contributed by atoms with Crippen LogP contribution in [0.2, 0.25) is 0 Å². The molecule has 3 heteroatoms. The van der Waals surface area contributed by atoms with Gasteiger partial charge in [-0.05, 0) is 13.8 Å². The summed E-state index contributed by atoms with van der Waals surface area (Å²) in [4.78, 5) is 9.86. The monoisotopic (exact) mass is 117 g/mol. The third-order valence-electron chi connectivity index (χ3n) is 0.770. The molecule has 0 bridgehead atoms. The average molecular weight is 117 g/mol. The minimum Gasteiger partial charge on any atom is -0.478 e. The minimum absolute atomic E-state index is 0. The first-order valence-corrected chi connectivity index (χ1v) is 2.04. The zero-order valence-corrected chi connectivity index (χ0v) is 5.14. The predicted molar refractivity (Wildman–Crippen MR) is 32.1 cm³/mol. The normalized spacial score (nSPS) is 10.0. The zero-order valence-electron chi connectivity index (χ0n) is 5.14. The van der Waals surface area contributed by atoms with Crippen molar-refractivity contribution in [2.24, 2.45) is 0 Å². The highest BCUT2D eigenvalue weighted by atomic mass is 16.4. The van der Waals surface area contributed by atoms with E-state index in [1.165, 1.54) is 0 Å². The number of carboxylic acid groups (broad SMARTS) is 1. The Balaban J connectivity index is 0. The predicted octanol–water partition coefficient (Wildman–Crippen LogP) is 1.20. The van der Waals surface area contributed by atoms with Crippen LogP contribution in [0, 0.1) is 0 Å². The molecule has 0 fully saturated rings. The van der Waals surface area contributed by atoms with Crippen LogP contribution in [0.25, 0.3) is 0 Å². The first kappa shape index (κ1) is 10.2. The summed E-state index contributed by atoms with van der Waals surface area (Å²) in [6, 6.07) is 0. The largest absolute Gasteiger partial charge is 0.478 e. The summed E-state index contributed by atoms with van der Waals surface area (Å²) in [5, 5.41) is 8.11. The van der Waals surface area contributed by atoms with Crippen molar-refractivity contribution >= 4 is 5.97 Å². The van der Waals surface area contributed by atoms with Crippen molar-refractivity contribution in [3.63, 3.8) is 0 Å². The van der Waals surface area contributed by atoms with Crippen molar-refractivity contribution in [2.75, 3.05) is 0 Å². The van der Waals surface area contributed by atoms with Gasteiger partial charge in [0.2, 0.25) is 0 Å². The molecule has 0 atom stereocenters. The Morgan fingerprint density at radius 3 is 2.00 bits per heavy atom. The molecule has 8 heavy (non-hydrogen) atoms. The maximum absolute atomic E-state index is 9.86. The number of allylic oxidation sites excluding steroid dienone is 1. The lowest BCUT2D eigenvalue weighted by atomic mass is 10.3. The Kier molecular flexibility index (Phi) is 5.53. The first-order valence-electron chi connectivity index (χ1n) is 2.04. The van der Waals surface area contributed by atoms with Crippen LogP contribution in [-0.2, 0) is 4.79 Å². The number of aliphatic carboxylic acids is 1. The van der Waals surface area contributed by atoms with Crippen molar-refractivity contribution in [3.8, 4) is 0 Å². The Morgan fingerprint density at radius 1 is 1.62 bits per heavy atom. The van der Waals surface area contributed by atoms with Crippen LogP contribution in [0.15, 0.2) is 11.6 Å². The van der Waals surface area contributed by atoms with Gasteiger partial charge in [-0.3, -0.25) is 0 Å². The summed E-state index contributed by atoms with van der Waals surface area (Å²) in [6.07, 6.45) is 1.56. The van der Waals surface area contributed by atoms with Crippen molar-refractivity contribution in [3.05, 3.63) is 11.6 Å². The van der Waals surface area contributed by atoms with Gasteiger partial charge in [-0.1, -0.05) is 6.08 Å². The SMILES string of the molecule is C/C=C(\C)C(=O)O.N. The third kappa shape index (κ3) is 3.36. The van der Waals surface area contributed by atoms with Gasteiger partial charge >= 0.3 is 5.97 Å². The summed E-state index contributed by atoms with van der Waals surface area (Å²) < 4.78 is 0. The molecule has 0 radical (unpaired) electrons. The van der Waals surface area contributed by atoms with E-state index in [4.69, 9.17) is 5.11 Å². The smallest absolute Gasteiger partial charge is 0.330 e. The van der Waals surface area contributed by atoms with Crippen LogP contribution in [0.1, 0.15) is 13.8 Å². The van der Waals surface area contributed by atoms with Gasteiger partial charge in [-0.15, -0.1) is 0 Å². The molecule has 3 nitrogen and oxygen atoms in total. The molecule has 0 rings (SSSR count). The van der Waals surface area contributed by atoms with Crippen LogP contribution in [0.5, 0.6) is 0 Å². The van der Waals surface area contributed by atoms with E-state index in [0.717, 1.165) is 0 Å². The highest BCUT2D eigenvalue weighted by molar-refractivity contribution is 5.85. The molecule has 0 aromatic rings. The molecule has 48 valence electrons. The quantitative estimate of drug-likeness (QED) is 0.507. The molecule has 0 heterocycles. The van der Waals surface area contributed by atoms with Gasteiger partial charge in [0.15, 0.2) is 0 Å². The summed E-state index contributed by atoms with van der Waals surface area (Å²) in [5.74, 6) is -0.845. The topological polar surface area (TPSA) is 72.3 Å². The second-order valence-electron chi connectivity index (χ2n) is 1.28. The van der Waals surface area contributed by atoms with Crippen molar-refractivity contribution in [2.45, 2.75) is 13.8 Å². The van der Waals surface area contributed by atoms with Gasteiger partial charge < -0.3 is 11.3 Å². The van der Waals surface area contributed by atoms with Gasteiger partial charge in [-0.2, -0.15) is 0 Å². The zero-order chi connectivity index (χ0) is 5.86. The second kappa shape index (κ2) is 4.33. The number of hydrogen-bond acceptors (Lipinski definition) is 2. The summed E-state index contributed by atoms with van der Waals surface area (Å²) in [5.41, 5.74) is 0.389. The van der Waals surface area contributed by atoms with E-state index in [1.54, 1.807) is 19.9 Å². The molecule has 0 aromatic heterocycles. The first-order chi connectivity index (χ1) is 3.18. The van der Waals surface area contributed by atoms with Gasteiger partial charge in [0.05, 0.1) is 0 Å². The highest BCUT2D eigenvalue weighted by Gasteiger charge is 1.93. The fraction of sp³-hybridized carbons (Fsp3) is 0.400. The van der Waals surface area contributed by atoms with Crippen LogP contribution in [-0.4, -0.2) is 11.1 Å². The highest BCUT2D eigenvalue weighted by Crippen LogP contribution is 1.87. The Labute approximate surface area is 48.6 Å². The van der Waals surface area contributed by atoms with Gasteiger partial charge in [0, 0.05) is 5.57 Å². The lowest BCUT2D eigenvalue weighted by Gasteiger charge is -1.84. The van der Waals surface area contributed by atoms with Crippen molar-refractivity contribution < 1.29 is 9.90 Å². The molecular weight excluding hydrogens is 106 g/mol. The van der Waals surface area contributed by atoms with Crippen molar-refractivity contribution in [1.82, 2.24) is 6.15 Å². The summed E-state index contributed by atoms with van der Waals surface area (Å²) in [7, 11) is 0. The second-order valence-corrected chi connectivity index (χ2v) is 1.28. The number of carbonyl (C=O) groups is 1. The van der Waals surface area contributed by atoms with E-state index in [2.05, 4.69) is 0 Å². The molecule has 0 amide bonds. The third-order valence-corrected chi connectivity index (χ3v) is 0.770. The maximum atomic E-state index is 9.86. The van der Waals surface area contributed by atoms with E-state index in [0.29, 0.717) is 5.57 Å². The molecule has 0 saturated heterocycles. The van der Waals surface area contributed by atoms with Crippen LogP contribution < -0.4 is 6.15 Å². The fourth-order valence-electron chi connectivity index (χ4n) is 0.123. The standard InChI is InChI=1S/C5H8O2.H3N/c1-3-4(2)5(6)7;/h3H,1-2H3,(H,6,7);1H3/b4-3+;. The average Bonchev–Trinajstić information content (AvgIpc) is 1.65. The Hall–Kier alpha value is -0.830. The van der Waals surface area contributed by atoms with E-state index in [1.807, 2.05) is 0 Å². The lowest BCUT2D eigenvalue weighted by Crippen LogP contribution is -1.93. The van der Waals surface area contributed by atoms with Gasteiger partial charge in [0.1, 0.15) is 0 Å². The lowest BCUT2D eigenvalue weighted by molar-refractivity contribution is -0.132. The molecule has 0 spiro atoms. The fourth-order valence-corrected chi connectivity index (χ4v) is 0.123. The number of hydrogen-bond donors (Lipinski definition) is 2. The molecular formula is C5H11NO2. The molecule has 0 aliphatic heterocycles. The summed E-state index contributed by atoms with van der Waals surface area (Å²) in [6.45, 7) is 3.26. The van der Waals surface area contributed by atoms with E-state index in [9.17, 15) is 4.79 Å². The molecule has 0 aliphatic rings. The molecule has 4 N–H and O–H groups in total. The molecule has 0 saturated carbocycles. The Bertz CT molecular complexity index is 107. The van der Waals surface area contributed by atoms with Crippen LogP contribution in [0.3, 0.4) is 0 Å². The summed E-state index contributed by atoms with van der Waals surface area (Å²) >= 11 is 0. The minimum atomic E-state index is -0.845. The number of carboxylic acids is 1. The van der Waals surface area contributed by atoms with Gasteiger partial charge in [0.25, 0.3) is 0 Å². The van der Waals surface area contributed by atoms with Crippen molar-refractivity contribution in [1.29, 1.82) is 0 Å². The van der Waals surface area contributed by atoms with Crippen LogP contribution >= 0.6 is 0 Å². The van der Waals surface area contributed by atoms with E-state index in [-0.39, 0.29) is 6.15 Å². The van der Waals surface area contributed by atoms with Crippen LogP contribution in [0.4, 0.5) is 0 Å². The molecule has 0 aliphatic carbocycles. The molecule has 0 aromatic carbocycles. The maximum Gasteiger partial charge on any atom is 0.330 e. The van der Waals surface area contributed by atoms with Gasteiger partial charge in [-0.25, -0.2) is 4.79 Å².